The number of hydrogen-bond donors (Lipinski definition) is 2. The zero-order chi connectivity index (χ0) is 21.6. The Balaban J connectivity index is 1.74. The number of rotatable bonds is 5. The summed E-state index contributed by atoms with van der Waals surface area (Å²) in [7, 11) is 0. The molecule has 9 nitrogen and oxygen atoms in total. The van der Waals surface area contributed by atoms with Crippen molar-refractivity contribution >= 4 is 23.5 Å². The van der Waals surface area contributed by atoms with Crippen molar-refractivity contribution in [3.05, 3.63) is 24.1 Å². The number of hydrogen-bond acceptors (Lipinski definition) is 6. The minimum Gasteiger partial charge on any atom is -0.491 e. The van der Waals surface area contributed by atoms with Gasteiger partial charge in [-0.3, -0.25) is 4.79 Å². The predicted octanol–water partition coefficient (Wildman–Crippen LogP) is 1.96. The summed E-state index contributed by atoms with van der Waals surface area (Å²) in [5, 5.41) is 2.78. The molecule has 4 rings (SSSR count). The highest BCUT2D eigenvalue weighted by Gasteiger charge is 2.42. The second kappa shape index (κ2) is 7.43. The number of amides is 2. The van der Waals surface area contributed by atoms with E-state index in [9.17, 15) is 22.8 Å². The van der Waals surface area contributed by atoms with Crippen LogP contribution in [0.25, 0.3) is 11.4 Å². The first-order valence-electron chi connectivity index (χ1n) is 9.10. The average Bonchev–Trinajstić information content (AvgIpc) is 3.20. The lowest BCUT2D eigenvalue weighted by molar-refractivity contribution is -0.118. The number of ether oxygens (including phenoxy) is 2. The fourth-order valence-corrected chi connectivity index (χ4v) is 3.34. The number of primary amides is 1. The molecule has 2 amide bonds. The van der Waals surface area contributed by atoms with Gasteiger partial charge in [0.15, 0.2) is 5.82 Å². The second-order valence-electron chi connectivity index (χ2n) is 6.91. The summed E-state index contributed by atoms with van der Waals surface area (Å²) in [4.78, 5) is 28.2. The van der Waals surface area contributed by atoms with Crippen LogP contribution >= 0.6 is 0 Å². The maximum atomic E-state index is 15.0. The summed E-state index contributed by atoms with van der Waals surface area (Å²) in [6.07, 6.45) is -2.38. The number of carbonyl (C=O) groups excluding carboxylic acids is 2. The minimum absolute atomic E-state index is 0.0113. The number of aromatic nitrogens is 2. The molecule has 160 valence electrons. The summed E-state index contributed by atoms with van der Waals surface area (Å²) in [6, 6.07) is 0.430. The molecule has 1 saturated heterocycles. The standard InChI is InChI=1S/C18H18F3N5O4/c1-8(16(22)27)23-9-4-10(19)14-12(5-9)29-3-2-25-6-13(24-17(14)25)26-11(15(20)21)7-30-18(26)28/h4-6,8,11,15,23H,2-3,7H2,1H3,(H2,22,27)/t8?,11-/m0/s1. The van der Waals surface area contributed by atoms with E-state index >= 15 is 0 Å². The minimum atomic E-state index is -2.83. The monoisotopic (exact) mass is 425 g/mol. The highest BCUT2D eigenvalue weighted by atomic mass is 19.3. The Hall–Kier alpha value is -3.44. The number of cyclic esters (lactones) is 1. The van der Waals surface area contributed by atoms with Crippen molar-refractivity contribution in [1.82, 2.24) is 9.55 Å². The molecule has 0 radical (unpaired) electrons. The van der Waals surface area contributed by atoms with E-state index < -0.39 is 42.9 Å². The molecular formula is C18H18F3N5O4. The SMILES string of the molecule is CC(Nc1cc(F)c2c(c1)OCCn1cc(N3C(=O)OC[C@H]3C(F)F)nc1-2)C(N)=O. The first-order chi connectivity index (χ1) is 14.3. The Bertz CT molecular complexity index is 1010. The molecular weight excluding hydrogens is 407 g/mol. The molecule has 12 heteroatoms. The van der Waals surface area contributed by atoms with Gasteiger partial charge in [0.1, 0.15) is 42.7 Å². The van der Waals surface area contributed by atoms with Crippen LogP contribution in [0.1, 0.15) is 6.92 Å². The van der Waals surface area contributed by atoms with E-state index in [-0.39, 0.29) is 41.8 Å². The Kier molecular flexibility index (Phi) is 4.92. The molecule has 0 spiro atoms. The average molecular weight is 425 g/mol. The normalized spacial score (nSPS) is 18.9. The van der Waals surface area contributed by atoms with E-state index in [0.29, 0.717) is 0 Å². The third-order valence-electron chi connectivity index (χ3n) is 4.88. The number of nitrogens with one attached hydrogen (secondary N) is 1. The van der Waals surface area contributed by atoms with Gasteiger partial charge >= 0.3 is 6.09 Å². The van der Waals surface area contributed by atoms with Crippen LogP contribution in [0, 0.1) is 5.82 Å². The first-order valence-corrected chi connectivity index (χ1v) is 9.10. The quantitative estimate of drug-likeness (QED) is 0.758. The number of carbonyl (C=O) groups is 2. The van der Waals surface area contributed by atoms with Crippen molar-refractivity contribution in [3.63, 3.8) is 0 Å². The van der Waals surface area contributed by atoms with Gasteiger partial charge in [-0.1, -0.05) is 0 Å². The molecule has 2 aliphatic rings. The van der Waals surface area contributed by atoms with Gasteiger partial charge in [-0.15, -0.1) is 0 Å². The van der Waals surface area contributed by atoms with Crippen LogP contribution in [0.3, 0.4) is 0 Å². The summed E-state index contributed by atoms with van der Waals surface area (Å²) >= 11 is 0. The van der Waals surface area contributed by atoms with Crippen LogP contribution in [0.2, 0.25) is 0 Å². The fourth-order valence-electron chi connectivity index (χ4n) is 3.34. The van der Waals surface area contributed by atoms with Crippen LogP contribution in [0.5, 0.6) is 5.75 Å². The molecule has 30 heavy (non-hydrogen) atoms. The third kappa shape index (κ3) is 3.37. The van der Waals surface area contributed by atoms with Gasteiger partial charge in [0.25, 0.3) is 6.43 Å². The number of fused-ring (bicyclic) bond motifs is 3. The van der Waals surface area contributed by atoms with Gasteiger partial charge in [0.05, 0.1) is 12.1 Å². The number of anilines is 2. The van der Waals surface area contributed by atoms with E-state index in [0.717, 1.165) is 11.0 Å². The topological polar surface area (TPSA) is 112 Å². The van der Waals surface area contributed by atoms with Gasteiger partial charge in [-0.05, 0) is 13.0 Å². The van der Waals surface area contributed by atoms with Crippen LogP contribution in [0.4, 0.5) is 29.5 Å². The number of halogens is 3. The largest absolute Gasteiger partial charge is 0.491 e. The van der Waals surface area contributed by atoms with E-state index in [1.54, 1.807) is 0 Å². The highest BCUT2D eigenvalue weighted by molar-refractivity contribution is 5.90. The molecule has 0 saturated carbocycles. The van der Waals surface area contributed by atoms with Gasteiger partial charge in [-0.25, -0.2) is 27.8 Å². The molecule has 0 aliphatic carbocycles. The van der Waals surface area contributed by atoms with Crippen molar-refractivity contribution in [2.75, 3.05) is 23.4 Å². The van der Waals surface area contributed by atoms with Crippen LogP contribution in [-0.2, 0) is 16.1 Å². The fraction of sp³-hybridized carbons (Fsp3) is 0.389. The van der Waals surface area contributed by atoms with Crippen molar-refractivity contribution < 1.29 is 32.2 Å². The van der Waals surface area contributed by atoms with Crippen molar-refractivity contribution in [2.45, 2.75) is 32.0 Å². The molecule has 2 atom stereocenters. The third-order valence-corrected chi connectivity index (χ3v) is 4.88. The van der Waals surface area contributed by atoms with Crippen molar-refractivity contribution in [2.24, 2.45) is 5.73 Å². The number of nitrogens with two attached hydrogens (primary N) is 1. The molecule has 2 aliphatic heterocycles. The molecule has 3 N–H and O–H groups in total. The molecule has 0 bridgehead atoms. The molecule has 1 aromatic heterocycles. The van der Waals surface area contributed by atoms with Crippen molar-refractivity contribution in [1.29, 1.82) is 0 Å². The lowest BCUT2D eigenvalue weighted by Crippen LogP contribution is -2.38. The summed E-state index contributed by atoms with van der Waals surface area (Å²) in [6.45, 7) is 1.46. The van der Waals surface area contributed by atoms with Gasteiger partial charge in [0.2, 0.25) is 5.91 Å². The molecule has 3 heterocycles. The van der Waals surface area contributed by atoms with Crippen LogP contribution in [-0.4, -0.2) is 53.3 Å². The second-order valence-corrected chi connectivity index (χ2v) is 6.91. The van der Waals surface area contributed by atoms with E-state index in [2.05, 4.69) is 10.3 Å². The Morgan fingerprint density at radius 3 is 2.83 bits per heavy atom. The molecule has 1 fully saturated rings. The summed E-state index contributed by atoms with van der Waals surface area (Å²) in [5.74, 6) is -1.11. The molecule has 1 aromatic carbocycles. The van der Waals surface area contributed by atoms with Crippen LogP contribution < -0.4 is 20.7 Å². The first kappa shape index (κ1) is 19.9. The Labute approximate surface area is 168 Å². The summed E-state index contributed by atoms with van der Waals surface area (Å²) in [5.41, 5.74) is 5.51. The Morgan fingerprint density at radius 1 is 1.37 bits per heavy atom. The van der Waals surface area contributed by atoms with E-state index in [4.69, 9.17) is 15.2 Å². The zero-order valence-corrected chi connectivity index (χ0v) is 15.8. The number of benzene rings is 1. The number of imidazole rings is 1. The van der Waals surface area contributed by atoms with Gasteiger partial charge < -0.3 is 25.1 Å². The smallest absolute Gasteiger partial charge is 0.416 e. The van der Waals surface area contributed by atoms with Gasteiger partial charge in [0, 0.05) is 18.0 Å². The summed E-state index contributed by atoms with van der Waals surface area (Å²) < 4.78 is 53.4. The van der Waals surface area contributed by atoms with Crippen LogP contribution in [0.15, 0.2) is 18.3 Å². The van der Waals surface area contributed by atoms with Crippen molar-refractivity contribution in [3.8, 4) is 17.1 Å². The molecule has 2 aromatic rings. The predicted molar refractivity (Wildman–Crippen MR) is 99.0 cm³/mol. The van der Waals surface area contributed by atoms with E-state index in [1.807, 2.05) is 0 Å². The van der Waals surface area contributed by atoms with Gasteiger partial charge in [-0.2, -0.15) is 0 Å². The Morgan fingerprint density at radius 2 is 2.13 bits per heavy atom. The number of alkyl halides is 2. The zero-order valence-electron chi connectivity index (χ0n) is 15.8. The lowest BCUT2D eigenvalue weighted by atomic mass is 10.1. The maximum Gasteiger partial charge on any atom is 0.416 e. The maximum absolute atomic E-state index is 15.0. The van der Waals surface area contributed by atoms with E-state index in [1.165, 1.54) is 23.8 Å². The molecule has 1 unspecified atom stereocenters. The number of nitrogens with zero attached hydrogens (tertiary/aromatic N) is 3. The lowest BCUT2D eigenvalue weighted by Gasteiger charge is -2.18. The highest BCUT2D eigenvalue weighted by Crippen LogP contribution is 2.39.